The van der Waals surface area contributed by atoms with Crippen LogP contribution in [0.1, 0.15) is 116 Å². The van der Waals surface area contributed by atoms with E-state index in [1.54, 1.807) is 19.9 Å². The number of likely N-dealkylation sites (N-methyl/N-ethyl adjacent to an activating group) is 1. The predicted octanol–water partition coefficient (Wildman–Crippen LogP) is 8.63. The third kappa shape index (κ3) is 15.3. The Morgan fingerprint density at radius 1 is 0.930 bits per heavy atom. The van der Waals surface area contributed by atoms with Gasteiger partial charge in [-0.3, -0.25) is 14.9 Å². The molecule has 10 heteroatoms. The normalized spacial score (nSPS) is 11.3. The number of carbonyl (C=O) groups excluding carboxylic acids is 2. The molecule has 10 nitrogen and oxygen atoms in total. The van der Waals surface area contributed by atoms with E-state index in [1.807, 2.05) is 0 Å². The summed E-state index contributed by atoms with van der Waals surface area (Å²) in [5.41, 5.74) is -0.952. The monoisotopic (exact) mass is 599 g/mol. The topological polar surface area (TPSA) is 143 Å². The number of amides is 1. The number of nitro groups is 1. The highest BCUT2D eigenvalue weighted by Crippen LogP contribution is 2.38. The minimum atomic E-state index is -1.11. The van der Waals surface area contributed by atoms with Gasteiger partial charge in [0.25, 0.3) is 5.91 Å². The molecule has 1 rings (SSSR count). The van der Waals surface area contributed by atoms with Crippen molar-refractivity contribution in [3.63, 3.8) is 0 Å². The van der Waals surface area contributed by atoms with Gasteiger partial charge in [0.2, 0.25) is 5.75 Å². The average molecular weight is 600 g/mol. The van der Waals surface area contributed by atoms with Gasteiger partial charge in [0.15, 0.2) is 5.75 Å². The van der Waals surface area contributed by atoms with E-state index in [-0.39, 0.29) is 17.7 Å². The summed E-state index contributed by atoms with van der Waals surface area (Å²) in [5.74, 6) is -1.90. The number of rotatable bonds is 22. The second-order valence-electron chi connectivity index (χ2n) is 10.4. The summed E-state index contributed by atoms with van der Waals surface area (Å²) in [7, 11) is 0. The second kappa shape index (κ2) is 22.7. The number of hydrogen-bond donors (Lipinski definition) is 1. The molecule has 1 aromatic carbocycles. The van der Waals surface area contributed by atoms with Crippen LogP contribution in [0.15, 0.2) is 29.9 Å². The second-order valence-corrected chi connectivity index (χ2v) is 10.4. The average Bonchev–Trinajstić information content (AvgIpc) is 2.99. The van der Waals surface area contributed by atoms with Gasteiger partial charge in [-0.05, 0) is 63.7 Å². The molecule has 238 valence electrons. The van der Waals surface area contributed by atoms with E-state index in [4.69, 9.17) is 9.47 Å². The van der Waals surface area contributed by atoms with Gasteiger partial charge in [-0.1, -0.05) is 76.9 Å². The zero-order valence-corrected chi connectivity index (χ0v) is 26.1. The zero-order chi connectivity index (χ0) is 31.9. The molecule has 0 unspecified atom stereocenters. The first-order chi connectivity index (χ1) is 20.8. The van der Waals surface area contributed by atoms with Crippen LogP contribution in [0.2, 0.25) is 0 Å². The lowest BCUT2D eigenvalue weighted by Gasteiger charge is -2.17. The van der Waals surface area contributed by atoms with Crippen molar-refractivity contribution in [2.45, 2.75) is 111 Å². The van der Waals surface area contributed by atoms with Crippen LogP contribution >= 0.6 is 0 Å². The molecule has 0 saturated carbocycles. The van der Waals surface area contributed by atoms with Crippen molar-refractivity contribution in [2.75, 3.05) is 19.7 Å². The maximum absolute atomic E-state index is 12.6. The molecule has 0 spiro atoms. The highest BCUT2D eigenvalue weighted by atomic mass is 16.7. The molecular weight excluding hydrogens is 550 g/mol. The number of phenolic OH excluding ortho intramolecular Hbond substituents is 1. The summed E-state index contributed by atoms with van der Waals surface area (Å²) < 4.78 is 10.1. The van der Waals surface area contributed by atoms with Crippen LogP contribution < -0.4 is 4.74 Å². The van der Waals surface area contributed by atoms with Crippen LogP contribution in [0, 0.1) is 21.4 Å². The molecular formula is C33H49N3O7. The highest BCUT2D eigenvalue weighted by molar-refractivity contribution is 6.01. The third-order valence-electron chi connectivity index (χ3n) is 7.06. The first-order valence-corrected chi connectivity index (χ1v) is 15.7. The highest BCUT2D eigenvalue weighted by Gasteiger charge is 2.23. The number of aromatic hydroxyl groups is 1. The van der Waals surface area contributed by atoms with Crippen LogP contribution in [0.4, 0.5) is 10.5 Å². The Labute approximate surface area is 256 Å². The predicted molar refractivity (Wildman–Crippen MR) is 168 cm³/mol. The number of phenols is 1. The van der Waals surface area contributed by atoms with Crippen molar-refractivity contribution in [3.8, 4) is 17.6 Å². The summed E-state index contributed by atoms with van der Waals surface area (Å²) in [5, 5.41) is 31.2. The van der Waals surface area contributed by atoms with Crippen LogP contribution in [0.3, 0.4) is 0 Å². The van der Waals surface area contributed by atoms with Gasteiger partial charge in [-0.15, -0.1) is 0 Å². The molecule has 0 aliphatic carbocycles. The Bertz CT molecular complexity index is 1100. The smallest absolute Gasteiger partial charge is 0.499 e. The number of ether oxygens (including phenoxy) is 2. The summed E-state index contributed by atoms with van der Waals surface area (Å²) in [6.45, 7) is 6.62. The van der Waals surface area contributed by atoms with Gasteiger partial charge >= 0.3 is 11.8 Å². The first-order valence-electron chi connectivity index (χ1n) is 15.7. The van der Waals surface area contributed by atoms with Gasteiger partial charge in [-0.25, -0.2) is 4.79 Å². The molecule has 0 aliphatic heterocycles. The van der Waals surface area contributed by atoms with Crippen LogP contribution in [0.5, 0.6) is 11.5 Å². The van der Waals surface area contributed by atoms with Crippen LogP contribution in [-0.2, 0) is 9.53 Å². The fraction of sp³-hybridized carbons (Fsp3) is 0.606. The Kier molecular flexibility index (Phi) is 19.6. The number of nitrogens with zero attached hydrogens (tertiary/aromatic N) is 3. The Morgan fingerprint density at radius 3 is 2.02 bits per heavy atom. The number of hydrogen-bond acceptors (Lipinski definition) is 8. The Hall–Kier alpha value is -3.87. The molecule has 1 aromatic rings. The van der Waals surface area contributed by atoms with E-state index in [0.717, 1.165) is 50.3 Å². The van der Waals surface area contributed by atoms with Gasteiger partial charge in [0.1, 0.15) is 11.6 Å². The molecule has 0 fully saturated rings. The largest absolute Gasteiger partial charge is 0.513 e. The lowest BCUT2D eigenvalue weighted by atomic mass is 10.1. The fourth-order valence-electron chi connectivity index (χ4n) is 4.53. The summed E-state index contributed by atoms with van der Waals surface area (Å²) in [6.07, 6.45) is 20.8. The molecule has 0 saturated heterocycles. The number of nitro benzene ring substituents is 1. The molecule has 0 aromatic heterocycles. The van der Waals surface area contributed by atoms with Gasteiger partial charge < -0.3 is 19.5 Å². The quantitative estimate of drug-likeness (QED) is 0.0204. The van der Waals surface area contributed by atoms with E-state index >= 15 is 0 Å². The maximum Gasteiger partial charge on any atom is 0.513 e. The van der Waals surface area contributed by atoms with E-state index in [1.165, 1.54) is 56.3 Å². The summed E-state index contributed by atoms with van der Waals surface area (Å²) >= 11 is 0. The van der Waals surface area contributed by atoms with E-state index in [9.17, 15) is 30.1 Å². The third-order valence-corrected chi connectivity index (χ3v) is 7.06. The van der Waals surface area contributed by atoms with Crippen molar-refractivity contribution in [3.05, 3.63) is 45.5 Å². The molecule has 0 aliphatic rings. The van der Waals surface area contributed by atoms with E-state index in [2.05, 4.69) is 19.1 Å². The van der Waals surface area contributed by atoms with E-state index in [0.29, 0.717) is 19.5 Å². The zero-order valence-electron chi connectivity index (χ0n) is 26.1. The van der Waals surface area contributed by atoms with Crippen molar-refractivity contribution < 1.29 is 29.1 Å². The van der Waals surface area contributed by atoms with Gasteiger partial charge in [0.05, 0.1) is 11.5 Å². The van der Waals surface area contributed by atoms with Crippen molar-refractivity contribution in [1.82, 2.24) is 4.90 Å². The number of benzene rings is 1. The Balaban J connectivity index is 2.45. The lowest BCUT2D eigenvalue weighted by molar-refractivity contribution is -0.385. The molecule has 0 radical (unpaired) electrons. The molecule has 0 bridgehead atoms. The number of unbranched alkanes of at least 4 members (excludes halogenated alkanes) is 12. The fourth-order valence-corrected chi connectivity index (χ4v) is 4.53. The number of nitriles is 1. The number of carbonyl (C=O) groups is 2. The first kappa shape index (κ1) is 37.2. The van der Waals surface area contributed by atoms with Gasteiger partial charge in [0, 0.05) is 19.2 Å². The summed E-state index contributed by atoms with van der Waals surface area (Å²) in [6, 6.07) is 3.93. The van der Waals surface area contributed by atoms with Crippen LogP contribution in [0.25, 0.3) is 6.08 Å². The number of allylic oxidation sites excluding steroid dienone is 2. The summed E-state index contributed by atoms with van der Waals surface area (Å²) in [4.78, 5) is 36.8. The molecule has 1 N–H and O–H groups in total. The van der Waals surface area contributed by atoms with E-state index < -0.39 is 34.2 Å². The lowest BCUT2D eigenvalue weighted by Crippen LogP contribution is -2.31. The molecule has 0 heterocycles. The van der Waals surface area contributed by atoms with Crippen molar-refractivity contribution in [2.24, 2.45) is 0 Å². The minimum absolute atomic E-state index is 0.0395. The standard InChI is InChI=1S/C33H49N3O7/c1-4-7-8-9-10-11-12-13-14-15-16-17-18-19-20-21-22-42-33(39)43-30-25-27(24-29(31(30)37)36(40)41)23-28(26-34)32(38)35(5-2)6-3/h13-14,23-25,37H,4-12,15-22H2,1-3H3. The Morgan fingerprint density at radius 2 is 1.49 bits per heavy atom. The SMILES string of the molecule is CCCCCCCCC=CCCCCCCCCOC(=O)Oc1cc(C=C(C#N)C(=O)N(CC)CC)cc([N+](=O)[O-])c1O. The molecule has 1 amide bonds. The van der Waals surface area contributed by atoms with Crippen molar-refractivity contribution >= 4 is 23.8 Å². The molecule has 43 heavy (non-hydrogen) atoms. The van der Waals surface area contributed by atoms with Gasteiger partial charge in [-0.2, -0.15) is 5.26 Å². The van der Waals surface area contributed by atoms with Crippen molar-refractivity contribution in [1.29, 1.82) is 5.26 Å². The van der Waals surface area contributed by atoms with Crippen LogP contribution in [-0.4, -0.2) is 46.7 Å². The minimum Gasteiger partial charge on any atom is -0.499 e. The molecule has 0 atom stereocenters. The maximum atomic E-state index is 12.6.